The Kier molecular flexibility index (Phi) is 4.50. The number of halogens is 1. The minimum absolute atomic E-state index is 0.130. The Bertz CT molecular complexity index is 795. The van der Waals surface area contributed by atoms with Crippen LogP contribution >= 0.6 is 11.6 Å². The van der Waals surface area contributed by atoms with E-state index in [9.17, 15) is 9.90 Å². The van der Waals surface area contributed by atoms with Crippen LogP contribution in [-0.2, 0) is 0 Å². The van der Waals surface area contributed by atoms with Crippen LogP contribution in [0.2, 0.25) is 5.02 Å². The molecule has 0 aliphatic carbocycles. The fourth-order valence-corrected chi connectivity index (χ4v) is 2.42. The molecule has 0 aliphatic heterocycles. The predicted octanol–water partition coefficient (Wildman–Crippen LogP) is 3.66. The van der Waals surface area contributed by atoms with Gasteiger partial charge in [-0.1, -0.05) is 23.7 Å². The van der Waals surface area contributed by atoms with Gasteiger partial charge in [0.15, 0.2) is 5.76 Å². The van der Waals surface area contributed by atoms with Gasteiger partial charge < -0.3 is 19.3 Å². The van der Waals surface area contributed by atoms with Crippen molar-refractivity contribution in [2.24, 2.45) is 0 Å². The molecule has 1 unspecified atom stereocenters. The lowest BCUT2D eigenvalue weighted by Gasteiger charge is -2.12. The molecule has 5 nitrogen and oxygen atoms in total. The number of carbonyl (C=O) groups excluding carboxylic acids is 1. The van der Waals surface area contributed by atoms with Crippen molar-refractivity contribution in [2.75, 3.05) is 6.61 Å². The van der Waals surface area contributed by atoms with Crippen molar-refractivity contribution in [3.05, 3.63) is 71.3 Å². The van der Waals surface area contributed by atoms with Crippen molar-refractivity contribution < 1.29 is 18.7 Å². The Balaban J connectivity index is 1.78. The van der Waals surface area contributed by atoms with E-state index in [-0.39, 0.29) is 12.4 Å². The van der Waals surface area contributed by atoms with Gasteiger partial charge >= 0.3 is 0 Å². The first-order valence-electron chi connectivity index (χ1n) is 6.99. The SMILES string of the molecule is O=C(NC(CO)c1ccco1)c1ccc(-c2ccccc2Cl)o1. The summed E-state index contributed by atoms with van der Waals surface area (Å²) in [6.07, 6.45) is 1.48. The number of hydrogen-bond acceptors (Lipinski definition) is 4. The number of aliphatic hydroxyl groups excluding tert-OH is 1. The van der Waals surface area contributed by atoms with E-state index in [1.165, 1.54) is 6.26 Å². The standard InChI is InChI=1S/C17H14ClNO4/c18-12-5-2-1-4-11(12)14-7-8-16(23-14)17(21)19-13(10-20)15-6-3-9-22-15/h1-9,13,20H,10H2,(H,19,21). The molecule has 0 fully saturated rings. The van der Waals surface area contributed by atoms with Crippen LogP contribution in [0.15, 0.2) is 63.6 Å². The first-order chi connectivity index (χ1) is 11.2. The van der Waals surface area contributed by atoms with Crippen molar-refractivity contribution in [1.29, 1.82) is 0 Å². The molecule has 3 rings (SSSR count). The zero-order valence-corrected chi connectivity index (χ0v) is 12.8. The monoisotopic (exact) mass is 331 g/mol. The molecule has 2 heterocycles. The molecule has 3 aromatic rings. The quantitative estimate of drug-likeness (QED) is 0.748. The number of carbonyl (C=O) groups is 1. The maximum atomic E-state index is 12.2. The van der Waals surface area contributed by atoms with Crippen molar-refractivity contribution in [2.45, 2.75) is 6.04 Å². The van der Waals surface area contributed by atoms with Crippen LogP contribution in [-0.4, -0.2) is 17.6 Å². The van der Waals surface area contributed by atoms with Crippen LogP contribution < -0.4 is 5.32 Å². The summed E-state index contributed by atoms with van der Waals surface area (Å²) in [4.78, 5) is 12.2. The molecule has 0 spiro atoms. The Morgan fingerprint density at radius 3 is 2.70 bits per heavy atom. The molecular formula is C17H14ClNO4. The first kappa shape index (κ1) is 15.4. The zero-order chi connectivity index (χ0) is 16.2. The van der Waals surface area contributed by atoms with E-state index in [4.69, 9.17) is 20.4 Å². The number of furan rings is 2. The number of hydrogen-bond donors (Lipinski definition) is 2. The van der Waals surface area contributed by atoms with E-state index in [1.807, 2.05) is 18.2 Å². The topological polar surface area (TPSA) is 75.6 Å². The van der Waals surface area contributed by atoms with Crippen LogP contribution in [0.5, 0.6) is 0 Å². The van der Waals surface area contributed by atoms with Gasteiger partial charge in [-0.3, -0.25) is 4.79 Å². The number of aliphatic hydroxyl groups is 1. The normalized spacial score (nSPS) is 12.1. The lowest BCUT2D eigenvalue weighted by molar-refractivity contribution is 0.0880. The molecule has 0 saturated carbocycles. The summed E-state index contributed by atoms with van der Waals surface area (Å²) in [5.74, 6) is 0.654. The second kappa shape index (κ2) is 6.73. The van der Waals surface area contributed by atoms with E-state index in [0.29, 0.717) is 22.1 Å². The third-order valence-corrected chi connectivity index (χ3v) is 3.67. The van der Waals surface area contributed by atoms with Crippen LogP contribution in [0.4, 0.5) is 0 Å². The molecule has 2 N–H and O–H groups in total. The van der Waals surface area contributed by atoms with Gasteiger partial charge in [0, 0.05) is 5.56 Å². The summed E-state index contributed by atoms with van der Waals surface area (Å²) in [6, 6.07) is 13.2. The van der Waals surface area contributed by atoms with Crippen molar-refractivity contribution in [1.82, 2.24) is 5.32 Å². The van der Waals surface area contributed by atoms with Crippen molar-refractivity contribution in [3.8, 4) is 11.3 Å². The summed E-state index contributed by atoms with van der Waals surface area (Å²) in [6.45, 7) is -0.280. The summed E-state index contributed by atoms with van der Waals surface area (Å²) in [5.41, 5.74) is 0.706. The van der Waals surface area contributed by atoms with Gasteiger partial charge in [0.05, 0.1) is 17.9 Å². The first-order valence-corrected chi connectivity index (χ1v) is 7.36. The Labute approximate surface area is 137 Å². The largest absolute Gasteiger partial charge is 0.467 e. The smallest absolute Gasteiger partial charge is 0.287 e. The Morgan fingerprint density at radius 1 is 1.17 bits per heavy atom. The fourth-order valence-electron chi connectivity index (χ4n) is 2.19. The summed E-state index contributed by atoms with van der Waals surface area (Å²) >= 11 is 6.12. The van der Waals surface area contributed by atoms with E-state index < -0.39 is 11.9 Å². The molecule has 6 heteroatoms. The van der Waals surface area contributed by atoms with Crippen LogP contribution in [0, 0.1) is 0 Å². The lowest BCUT2D eigenvalue weighted by Crippen LogP contribution is -2.30. The molecule has 1 amide bonds. The molecule has 1 atom stereocenters. The molecule has 118 valence electrons. The highest BCUT2D eigenvalue weighted by Crippen LogP contribution is 2.29. The predicted molar refractivity (Wildman–Crippen MR) is 85.2 cm³/mol. The lowest BCUT2D eigenvalue weighted by atomic mass is 10.2. The summed E-state index contributed by atoms with van der Waals surface area (Å²) in [5, 5.41) is 12.6. The maximum Gasteiger partial charge on any atom is 0.287 e. The molecule has 2 aromatic heterocycles. The summed E-state index contributed by atoms with van der Waals surface area (Å²) < 4.78 is 10.8. The van der Waals surface area contributed by atoms with Crippen LogP contribution in [0.25, 0.3) is 11.3 Å². The van der Waals surface area contributed by atoms with E-state index in [2.05, 4.69) is 5.32 Å². The molecule has 0 bridgehead atoms. The number of nitrogens with one attached hydrogen (secondary N) is 1. The zero-order valence-electron chi connectivity index (χ0n) is 12.0. The molecule has 0 radical (unpaired) electrons. The third kappa shape index (κ3) is 3.31. The van der Waals surface area contributed by atoms with E-state index in [1.54, 1.807) is 30.3 Å². The van der Waals surface area contributed by atoms with E-state index >= 15 is 0 Å². The summed E-state index contributed by atoms with van der Waals surface area (Å²) in [7, 11) is 0. The van der Waals surface area contributed by atoms with Crippen LogP contribution in [0.1, 0.15) is 22.4 Å². The van der Waals surface area contributed by atoms with Gasteiger partial charge in [-0.25, -0.2) is 0 Å². The van der Waals surface area contributed by atoms with Crippen molar-refractivity contribution >= 4 is 17.5 Å². The number of rotatable bonds is 5. The van der Waals surface area contributed by atoms with Gasteiger partial charge in [0.2, 0.25) is 0 Å². The highest BCUT2D eigenvalue weighted by Gasteiger charge is 2.20. The van der Waals surface area contributed by atoms with Gasteiger partial charge in [0.1, 0.15) is 17.6 Å². The van der Waals surface area contributed by atoms with Crippen LogP contribution in [0.3, 0.4) is 0 Å². The average Bonchev–Trinajstić information content (AvgIpc) is 3.24. The van der Waals surface area contributed by atoms with Gasteiger partial charge in [-0.15, -0.1) is 0 Å². The Morgan fingerprint density at radius 2 is 2.00 bits per heavy atom. The molecule has 0 saturated heterocycles. The molecular weight excluding hydrogens is 318 g/mol. The minimum Gasteiger partial charge on any atom is -0.467 e. The van der Waals surface area contributed by atoms with E-state index in [0.717, 1.165) is 0 Å². The highest BCUT2D eigenvalue weighted by atomic mass is 35.5. The van der Waals surface area contributed by atoms with Gasteiger partial charge in [-0.05, 0) is 36.4 Å². The highest BCUT2D eigenvalue weighted by molar-refractivity contribution is 6.33. The average molecular weight is 332 g/mol. The second-order valence-electron chi connectivity index (χ2n) is 4.87. The van der Waals surface area contributed by atoms with Gasteiger partial charge in [0.25, 0.3) is 5.91 Å². The number of benzene rings is 1. The Hall–Kier alpha value is -2.50. The molecule has 23 heavy (non-hydrogen) atoms. The molecule has 0 aliphatic rings. The number of amides is 1. The fraction of sp³-hybridized carbons (Fsp3) is 0.118. The third-order valence-electron chi connectivity index (χ3n) is 3.34. The second-order valence-corrected chi connectivity index (χ2v) is 5.27. The minimum atomic E-state index is -0.633. The molecule has 1 aromatic carbocycles. The van der Waals surface area contributed by atoms with Gasteiger partial charge in [-0.2, -0.15) is 0 Å². The maximum absolute atomic E-state index is 12.2. The van der Waals surface area contributed by atoms with Crippen molar-refractivity contribution in [3.63, 3.8) is 0 Å².